The fourth-order valence-corrected chi connectivity index (χ4v) is 3.46. The first-order valence-corrected chi connectivity index (χ1v) is 7.25. The molecule has 0 bridgehead atoms. The number of rotatable bonds is 5. The molecule has 1 rings (SSSR count). The smallest absolute Gasteiger partial charge is 0.0702 e. The van der Waals surface area contributed by atoms with E-state index in [1.807, 2.05) is 33.9 Å². The summed E-state index contributed by atoms with van der Waals surface area (Å²) >= 11 is 5.17. The summed E-state index contributed by atoms with van der Waals surface area (Å²) < 4.78 is 1.10. The normalized spacial score (nSPS) is 16.2. The Kier molecular flexibility index (Phi) is 5.16. The summed E-state index contributed by atoms with van der Waals surface area (Å²) in [6.45, 7) is 6.15. The number of halogens is 1. The fraction of sp³-hybridized carbons (Fsp3) is 0.667. The molecule has 1 aromatic heterocycles. The standard InChI is InChI=1S/C12H21BrN2OS/c1-8(14)11(9-5-6-10(13)17-9)15(4)12(2,3)7-16/h5-6,8,11,16H,7,14H2,1-4H3. The zero-order valence-electron chi connectivity index (χ0n) is 10.8. The third kappa shape index (κ3) is 3.51. The largest absolute Gasteiger partial charge is 0.394 e. The van der Waals surface area contributed by atoms with Crippen LogP contribution in [0.3, 0.4) is 0 Å². The van der Waals surface area contributed by atoms with Crippen molar-refractivity contribution in [3.63, 3.8) is 0 Å². The van der Waals surface area contributed by atoms with E-state index in [-0.39, 0.29) is 24.2 Å². The van der Waals surface area contributed by atoms with E-state index in [2.05, 4.69) is 26.9 Å². The molecule has 0 radical (unpaired) electrons. The Morgan fingerprint density at radius 3 is 2.47 bits per heavy atom. The molecule has 0 aromatic carbocycles. The lowest BCUT2D eigenvalue weighted by molar-refractivity contribution is 0.0383. The zero-order valence-corrected chi connectivity index (χ0v) is 13.2. The summed E-state index contributed by atoms with van der Waals surface area (Å²) in [5, 5.41) is 9.46. The predicted octanol–water partition coefficient (Wildman–Crippen LogP) is 2.60. The molecule has 1 heterocycles. The maximum absolute atomic E-state index is 9.46. The van der Waals surface area contributed by atoms with Gasteiger partial charge in [-0.25, -0.2) is 0 Å². The van der Waals surface area contributed by atoms with E-state index in [1.165, 1.54) is 4.88 Å². The second kappa shape index (κ2) is 5.80. The first kappa shape index (κ1) is 15.1. The first-order valence-electron chi connectivity index (χ1n) is 5.64. The number of nitrogens with two attached hydrogens (primary N) is 1. The average Bonchev–Trinajstić information content (AvgIpc) is 2.64. The SMILES string of the molecule is CC(N)C(c1ccc(Br)s1)N(C)C(C)(C)CO. The molecule has 3 N–H and O–H groups in total. The minimum absolute atomic E-state index is 0.0105. The second-order valence-electron chi connectivity index (χ2n) is 5.03. The van der Waals surface area contributed by atoms with Crippen LogP contribution in [0.15, 0.2) is 15.9 Å². The lowest BCUT2D eigenvalue weighted by atomic mass is 9.98. The summed E-state index contributed by atoms with van der Waals surface area (Å²) in [7, 11) is 2.01. The van der Waals surface area contributed by atoms with Gasteiger partial charge < -0.3 is 10.8 Å². The molecule has 1 aromatic rings. The van der Waals surface area contributed by atoms with Crippen molar-refractivity contribution < 1.29 is 5.11 Å². The summed E-state index contributed by atoms with van der Waals surface area (Å²) in [5.41, 5.74) is 5.82. The van der Waals surface area contributed by atoms with Gasteiger partial charge in [0.2, 0.25) is 0 Å². The molecular weight excluding hydrogens is 300 g/mol. The van der Waals surface area contributed by atoms with Crippen LogP contribution in [0.1, 0.15) is 31.7 Å². The van der Waals surface area contributed by atoms with Gasteiger partial charge in [0, 0.05) is 16.5 Å². The zero-order chi connectivity index (χ0) is 13.2. The van der Waals surface area contributed by atoms with Crippen molar-refractivity contribution >= 4 is 27.3 Å². The topological polar surface area (TPSA) is 49.5 Å². The highest BCUT2D eigenvalue weighted by Crippen LogP contribution is 2.34. The Hall–Kier alpha value is 0.0600. The number of aliphatic hydroxyl groups excluding tert-OH is 1. The van der Waals surface area contributed by atoms with E-state index in [1.54, 1.807) is 11.3 Å². The minimum Gasteiger partial charge on any atom is -0.394 e. The van der Waals surface area contributed by atoms with E-state index >= 15 is 0 Å². The van der Waals surface area contributed by atoms with E-state index < -0.39 is 0 Å². The molecule has 98 valence electrons. The molecule has 0 saturated heterocycles. The third-order valence-electron chi connectivity index (χ3n) is 3.14. The molecule has 5 heteroatoms. The molecule has 0 aliphatic rings. The Morgan fingerprint density at radius 1 is 1.53 bits per heavy atom. The van der Waals surface area contributed by atoms with Gasteiger partial charge in [0.1, 0.15) is 0 Å². The van der Waals surface area contributed by atoms with Crippen molar-refractivity contribution in [2.45, 2.75) is 38.4 Å². The quantitative estimate of drug-likeness (QED) is 0.876. The van der Waals surface area contributed by atoms with Crippen LogP contribution in [0.4, 0.5) is 0 Å². The molecule has 2 atom stereocenters. The van der Waals surface area contributed by atoms with Gasteiger partial charge in [0.25, 0.3) is 0 Å². The summed E-state index contributed by atoms with van der Waals surface area (Å²) in [6.07, 6.45) is 0. The van der Waals surface area contributed by atoms with Gasteiger partial charge >= 0.3 is 0 Å². The van der Waals surface area contributed by atoms with Crippen molar-refractivity contribution in [3.8, 4) is 0 Å². The monoisotopic (exact) mass is 320 g/mol. The van der Waals surface area contributed by atoms with Crippen LogP contribution in [0, 0.1) is 0 Å². The number of nitrogens with zero attached hydrogens (tertiary/aromatic N) is 1. The van der Waals surface area contributed by atoms with E-state index in [9.17, 15) is 5.11 Å². The van der Waals surface area contributed by atoms with Crippen molar-refractivity contribution in [3.05, 3.63) is 20.8 Å². The van der Waals surface area contributed by atoms with Crippen LogP contribution in [-0.4, -0.2) is 35.2 Å². The maximum atomic E-state index is 9.46. The van der Waals surface area contributed by atoms with E-state index in [4.69, 9.17) is 5.73 Å². The Bertz CT molecular complexity index is 365. The Labute approximate surface area is 116 Å². The number of thiophene rings is 1. The van der Waals surface area contributed by atoms with Gasteiger partial charge in [-0.1, -0.05) is 0 Å². The van der Waals surface area contributed by atoms with Gasteiger partial charge in [-0.3, -0.25) is 4.90 Å². The van der Waals surface area contributed by atoms with Gasteiger partial charge in [0.15, 0.2) is 0 Å². The van der Waals surface area contributed by atoms with Crippen LogP contribution in [-0.2, 0) is 0 Å². The second-order valence-corrected chi connectivity index (χ2v) is 7.52. The minimum atomic E-state index is -0.283. The Balaban J connectivity index is 3.02. The molecule has 0 fully saturated rings. The molecule has 0 saturated carbocycles. The maximum Gasteiger partial charge on any atom is 0.0702 e. The highest BCUT2D eigenvalue weighted by Gasteiger charge is 2.32. The van der Waals surface area contributed by atoms with E-state index in [0.717, 1.165) is 3.79 Å². The number of likely N-dealkylation sites (N-methyl/N-ethyl adjacent to an activating group) is 1. The van der Waals surface area contributed by atoms with Crippen LogP contribution >= 0.6 is 27.3 Å². The Morgan fingerprint density at radius 2 is 2.12 bits per heavy atom. The molecule has 0 spiro atoms. The molecule has 0 aliphatic carbocycles. The summed E-state index contributed by atoms with van der Waals surface area (Å²) in [5.74, 6) is 0. The van der Waals surface area contributed by atoms with Crippen molar-refractivity contribution in [1.29, 1.82) is 0 Å². The van der Waals surface area contributed by atoms with Crippen LogP contribution < -0.4 is 5.73 Å². The number of hydrogen-bond acceptors (Lipinski definition) is 4. The highest BCUT2D eigenvalue weighted by molar-refractivity contribution is 9.11. The fourth-order valence-electron chi connectivity index (χ4n) is 1.78. The van der Waals surface area contributed by atoms with Gasteiger partial charge in [-0.05, 0) is 55.9 Å². The van der Waals surface area contributed by atoms with Gasteiger partial charge in [-0.15, -0.1) is 11.3 Å². The van der Waals surface area contributed by atoms with Crippen LogP contribution in [0.5, 0.6) is 0 Å². The van der Waals surface area contributed by atoms with Crippen molar-refractivity contribution in [2.24, 2.45) is 5.73 Å². The molecule has 3 nitrogen and oxygen atoms in total. The van der Waals surface area contributed by atoms with Crippen molar-refractivity contribution in [2.75, 3.05) is 13.7 Å². The highest BCUT2D eigenvalue weighted by atomic mass is 79.9. The average molecular weight is 321 g/mol. The molecule has 2 unspecified atom stereocenters. The van der Waals surface area contributed by atoms with Gasteiger partial charge in [-0.2, -0.15) is 0 Å². The van der Waals surface area contributed by atoms with Crippen LogP contribution in [0.25, 0.3) is 0 Å². The van der Waals surface area contributed by atoms with Crippen LogP contribution in [0.2, 0.25) is 0 Å². The van der Waals surface area contributed by atoms with E-state index in [0.29, 0.717) is 0 Å². The summed E-state index contributed by atoms with van der Waals surface area (Å²) in [6, 6.07) is 4.26. The van der Waals surface area contributed by atoms with Crippen molar-refractivity contribution in [1.82, 2.24) is 4.90 Å². The lowest BCUT2D eigenvalue weighted by Crippen LogP contribution is -2.50. The summed E-state index contributed by atoms with van der Waals surface area (Å²) in [4.78, 5) is 3.37. The lowest BCUT2D eigenvalue weighted by Gasteiger charge is -2.41. The number of hydrogen-bond donors (Lipinski definition) is 2. The molecular formula is C12H21BrN2OS. The molecule has 17 heavy (non-hydrogen) atoms. The first-order chi connectivity index (χ1) is 7.79. The predicted molar refractivity (Wildman–Crippen MR) is 77.3 cm³/mol. The third-order valence-corrected chi connectivity index (χ3v) is 4.84. The molecule has 0 amide bonds. The van der Waals surface area contributed by atoms with Gasteiger partial charge in [0.05, 0.1) is 16.4 Å². The number of aliphatic hydroxyl groups is 1. The molecule has 0 aliphatic heterocycles.